The van der Waals surface area contributed by atoms with Crippen molar-refractivity contribution in [3.63, 3.8) is 0 Å². The minimum absolute atomic E-state index is 0.370. The van der Waals surface area contributed by atoms with Crippen molar-refractivity contribution in [1.29, 1.82) is 0 Å². The lowest BCUT2D eigenvalue weighted by molar-refractivity contribution is 0.426. The summed E-state index contributed by atoms with van der Waals surface area (Å²) in [6.45, 7) is 4.31. The first-order valence-corrected chi connectivity index (χ1v) is 6.08. The van der Waals surface area contributed by atoms with Crippen LogP contribution in [0.2, 0.25) is 0 Å². The Balaban J connectivity index is 2.24. The van der Waals surface area contributed by atoms with Crippen LogP contribution >= 0.6 is 0 Å². The lowest BCUT2D eigenvalue weighted by Gasteiger charge is -2.07. The van der Waals surface area contributed by atoms with Crippen molar-refractivity contribution < 1.29 is 4.42 Å². The predicted octanol–water partition coefficient (Wildman–Crippen LogP) is 2.76. The Kier molecular flexibility index (Phi) is 3.56. The summed E-state index contributed by atoms with van der Waals surface area (Å²) in [6, 6.07) is 1.87. The molecule has 0 spiro atoms. The Morgan fingerprint density at radius 3 is 2.76 bits per heavy atom. The molecule has 0 bridgehead atoms. The lowest BCUT2D eigenvalue weighted by Crippen LogP contribution is -1.96. The quantitative estimate of drug-likeness (QED) is 0.798. The first-order chi connectivity index (χ1) is 8.26. The van der Waals surface area contributed by atoms with Crippen LogP contribution in [0.3, 0.4) is 0 Å². The molecular formula is C12H18N4O. The van der Waals surface area contributed by atoms with E-state index in [0.717, 1.165) is 30.8 Å². The van der Waals surface area contributed by atoms with E-state index < -0.39 is 0 Å². The average Bonchev–Trinajstić information content (AvgIpc) is 2.94. The van der Waals surface area contributed by atoms with E-state index in [1.165, 1.54) is 0 Å². The van der Waals surface area contributed by atoms with Crippen molar-refractivity contribution >= 4 is 0 Å². The largest absolute Gasteiger partial charge is 0.419 e. The third-order valence-corrected chi connectivity index (χ3v) is 2.96. The maximum absolute atomic E-state index is 5.73. The molecule has 2 aromatic rings. The number of aryl methyl sites for hydroxylation is 1. The predicted molar refractivity (Wildman–Crippen MR) is 64.4 cm³/mol. The summed E-state index contributed by atoms with van der Waals surface area (Å²) in [4.78, 5) is 0. The molecular weight excluding hydrogens is 216 g/mol. The Hall–Kier alpha value is -1.65. The van der Waals surface area contributed by atoms with Gasteiger partial charge in [0.1, 0.15) is 5.69 Å². The van der Waals surface area contributed by atoms with E-state index in [1.54, 1.807) is 10.9 Å². The van der Waals surface area contributed by atoms with Crippen LogP contribution in [0.1, 0.15) is 44.9 Å². The van der Waals surface area contributed by atoms with Crippen LogP contribution in [-0.2, 0) is 7.05 Å². The molecule has 0 radical (unpaired) electrons. The number of hydrogen-bond donors (Lipinski definition) is 0. The fourth-order valence-corrected chi connectivity index (χ4v) is 1.94. The number of hydrogen-bond acceptors (Lipinski definition) is 4. The minimum Gasteiger partial charge on any atom is -0.419 e. The SMILES string of the molecule is CCCC(CC)c1nnc(-c2ccnn2C)o1. The van der Waals surface area contributed by atoms with Gasteiger partial charge in [-0.1, -0.05) is 20.3 Å². The molecule has 2 heterocycles. The number of rotatable bonds is 5. The Labute approximate surface area is 101 Å². The average molecular weight is 234 g/mol. The normalized spacial score (nSPS) is 12.9. The summed E-state index contributed by atoms with van der Waals surface area (Å²) in [7, 11) is 1.86. The maximum atomic E-state index is 5.73. The minimum atomic E-state index is 0.370. The van der Waals surface area contributed by atoms with Gasteiger partial charge in [-0.05, 0) is 18.9 Å². The van der Waals surface area contributed by atoms with Crippen LogP contribution < -0.4 is 0 Å². The highest BCUT2D eigenvalue weighted by Gasteiger charge is 2.18. The molecule has 1 unspecified atom stereocenters. The Morgan fingerprint density at radius 1 is 1.35 bits per heavy atom. The molecule has 0 N–H and O–H groups in total. The smallest absolute Gasteiger partial charge is 0.265 e. The van der Waals surface area contributed by atoms with Gasteiger partial charge in [-0.2, -0.15) is 5.10 Å². The Morgan fingerprint density at radius 2 is 2.18 bits per heavy atom. The first kappa shape index (κ1) is 11.8. The van der Waals surface area contributed by atoms with Crippen molar-refractivity contribution in [3.05, 3.63) is 18.2 Å². The fourth-order valence-electron chi connectivity index (χ4n) is 1.94. The maximum Gasteiger partial charge on any atom is 0.265 e. The number of nitrogens with zero attached hydrogens (tertiary/aromatic N) is 4. The van der Waals surface area contributed by atoms with E-state index in [0.29, 0.717) is 11.8 Å². The van der Waals surface area contributed by atoms with Gasteiger partial charge in [0.05, 0.1) is 0 Å². The third-order valence-electron chi connectivity index (χ3n) is 2.96. The highest BCUT2D eigenvalue weighted by molar-refractivity contribution is 5.45. The lowest BCUT2D eigenvalue weighted by atomic mass is 10.0. The standard InChI is InChI=1S/C12H18N4O/c1-4-6-9(5-2)11-14-15-12(17-11)10-7-8-13-16(10)3/h7-9H,4-6H2,1-3H3. The van der Waals surface area contributed by atoms with E-state index in [1.807, 2.05) is 13.1 Å². The molecule has 92 valence electrons. The van der Waals surface area contributed by atoms with Gasteiger partial charge >= 0.3 is 0 Å². The molecule has 17 heavy (non-hydrogen) atoms. The molecule has 0 aliphatic heterocycles. The molecule has 0 saturated heterocycles. The van der Waals surface area contributed by atoms with E-state index in [-0.39, 0.29) is 0 Å². The second-order valence-electron chi connectivity index (χ2n) is 4.18. The summed E-state index contributed by atoms with van der Waals surface area (Å²) >= 11 is 0. The molecule has 2 rings (SSSR count). The second kappa shape index (κ2) is 5.12. The topological polar surface area (TPSA) is 56.7 Å². The number of aromatic nitrogens is 4. The summed E-state index contributed by atoms with van der Waals surface area (Å²) < 4.78 is 7.47. The van der Waals surface area contributed by atoms with Crippen LogP contribution in [0.15, 0.2) is 16.7 Å². The van der Waals surface area contributed by atoms with Crippen molar-refractivity contribution in [2.24, 2.45) is 7.05 Å². The molecule has 1 atom stereocenters. The fraction of sp³-hybridized carbons (Fsp3) is 0.583. The van der Waals surface area contributed by atoms with Gasteiger partial charge in [0.25, 0.3) is 5.89 Å². The van der Waals surface area contributed by atoms with E-state index >= 15 is 0 Å². The van der Waals surface area contributed by atoms with E-state index in [9.17, 15) is 0 Å². The van der Waals surface area contributed by atoms with Crippen LogP contribution in [0.5, 0.6) is 0 Å². The zero-order chi connectivity index (χ0) is 12.3. The summed E-state index contributed by atoms with van der Waals surface area (Å²) in [5.74, 6) is 1.66. The van der Waals surface area contributed by atoms with Crippen molar-refractivity contribution in [3.8, 4) is 11.6 Å². The monoisotopic (exact) mass is 234 g/mol. The molecule has 0 aliphatic carbocycles. The molecule has 0 fully saturated rings. The zero-order valence-electron chi connectivity index (χ0n) is 10.6. The Bertz CT molecular complexity index is 474. The second-order valence-corrected chi connectivity index (χ2v) is 4.18. The van der Waals surface area contributed by atoms with Crippen molar-refractivity contribution in [2.75, 3.05) is 0 Å². The highest BCUT2D eigenvalue weighted by Crippen LogP contribution is 2.26. The molecule has 0 aromatic carbocycles. The first-order valence-electron chi connectivity index (χ1n) is 6.08. The van der Waals surface area contributed by atoms with Gasteiger partial charge in [-0.3, -0.25) is 4.68 Å². The van der Waals surface area contributed by atoms with Gasteiger partial charge in [0.15, 0.2) is 0 Å². The third kappa shape index (κ3) is 2.38. The van der Waals surface area contributed by atoms with Crippen LogP contribution in [-0.4, -0.2) is 20.0 Å². The highest BCUT2D eigenvalue weighted by atomic mass is 16.4. The van der Waals surface area contributed by atoms with E-state index in [4.69, 9.17) is 4.42 Å². The van der Waals surface area contributed by atoms with E-state index in [2.05, 4.69) is 29.1 Å². The molecule has 2 aromatic heterocycles. The molecule has 5 heteroatoms. The van der Waals surface area contributed by atoms with Gasteiger partial charge < -0.3 is 4.42 Å². The molecule has 0 amide bonds. The van der Waals surface area contributed by atoms with Crippen molar-refractivity contribution in [1.82, 2.24) is 20.0 Å². The van der Waals surface area contributed by atoms with Gasteiger partial charge in [-0.15, -0.1) is 10.2 Å². The summed E-state index contributed by atoms with van der Waals surface area (Å²) in [5.41, 5.74) is 0.857. The summed E-state index contributed by atoms with van der Waals surface area (Å²) in [6.07, 6.45) is 4.97. The van der Waals surface area contributed by atoms with Gasteiger partial charge in [-0.25, -0.2) is 0 Å². The van der Waals surface area contributed by atoms with Gasteiger partial charge in [0, 0.05) is 19.2 Å². The molecule has 0 aliphatic rings. The molecule has 0 saturated carbocycles. The molecule has 5 nitrogen and oxygen atoms in total. The van der Waals surface area contributed by atoms with Crippen molar-refractivity contribution in [2.45, 2.75) is 39.0 Å². The van der Waals surface area contributed by atoms with Crippen LogP contribution in [0.4, 0.5) is 0 Å². The van der Waals surface area contributed by atoms with Crippen LogP contribution in [0.25, 0.3) is 11.6 Å². The summed E-state index contributed by atoms with van der Waals surface area (Å²) in [5, 5.41) is 12.3. The zero-order valence-corrected chi connectivity index (χ0v) is 10.6. The van der Waals surface area contributed by atoms with Crippen LogP contribution in [0, 0.1) is 0 Å². The van der Waals surface area contributed by atoms with Gasteiger partial charge in [0.2, 0.25) is 5.89 Å².